The van der Waals surface area contributed by atoms with Gasteiger partial charge < -0.3 is 5.32 Å². The van der Waals surface area contributed by atoms with Gasteiger partial charge in [0.05, 0.1) is 11.6 Å². The number of carbonyl (C=O) groups is 1. The lowest BCUT2D eigenvalue weighted by Gasteiger charge is -2.25. The number of carbonyl (C=O) groups excluding carboxylic acids is 1. The molecule has 2 atom stereocenters. The fourth-order valence-electron chi connectivity index (χ4n) is 3.73. The van der Waals surface area contributed by atoms with Crippen LogP contribution in [-0.4, -0.2) is 16.4 Å². The van der Waals surface area contributed by atoms with Crippen molar-refractivity contribution in [2.24, 2.45) is 0 Å². The van der Waals surface area contributed by atoms with Crippen LogP contribution in [-0.2, 0) is 0 Å². The average molecular weight is 329 g/mol. The molecule has 1 N–H and O–H groups in total. The lowest BCUT2D eigenvalue weighted by atomic mass is 9.91. The molecule has 1 aliphatic carbocycles. The number of aromatic nitrogens is 1. The van der Waals surface area contributed by atoms with Crippen LogP contribution in [0.4, 0.5) is 5.82 Å². The van der Waals surface area contributed by atoms with Crippen LogP contribution in [0.3, 0.4) is 0 Å². The maximum absolute atomic E-state index is 12.8. The third kappa shape index (κ3) is 2.38. The molecule has 4 nitrogen and oxygen atoms in total. The minimum atomic E-state index is -0.0865. The van der Waals surface area contributed by atoms with Crippen LogP contribution in [0.5, 0.6) is 0 Å². The number of anilines is 1. The van der Waals surface area contributed by atoms with Crippen LogP contribution in [0.25, 0.3) is 0 Å². The summed E-state index contributed by atoms with van der Waals surface area (Å²) in [6.45, 7) is 0. The first kappa shape index (κ1) is 14.5. The molecule has 1 saturated carbocycles. The molecule has 5 heteroatoms. The molecule has 1 aromatic carbocycles. The predicted molar refractivity (Wildman–Crippen MR) is 90.5 cm³/mol. The number of ketones is 1. The molecule has 2 heterocycles. The van der Waals surface area contributed by atoms with E-state index in [2.05, 4.69) is 5.32 Å². The molecule has 1 fully saturated rings. The van der Waals surface area contributed by atoms with Gasteiger partial charge >= 0.3 is 0 Å². The second-order valence-corrected chi connectivity index (χ2v) is 6.68. The molecular weight excluding hydrogens is 312 g/mol. The first-order valence-electron chi connectivity index (χ1n) is 7.97. The van der Waals surface area contributed by atoms with Crippen molar-refractivity contribution in [3.05, 3.63) is 62.9 Å². The van der Waals surface area contributed by atoms with Crippen molar-refractivity contribution in [2.75, 3.05) is 5.32 Å². The molecule has 0 unspecified atom stereocenters. The third-order valence-corrected chi connectivity index (χ3v) is 5.11. The van der Waals surface area contributed by atoms with E-state index in [1.807, 2.05) is 0 Å². The third-order valence-electron chi connectivity index (χ3n) is 4.86. The van der Waals surface area contributed by atoms with Gasteiger partial charge in [-0.1, -0.05) is 24.4 Å². The number of pyridine rings is 1. The fraction of sp³-hybridized carbons (Fsp3) is 0.333. The van der Waals surface area contributed by atoms with E-state index in [9.17, 15) is 9.59 Å². The Labute approximate surface area is 139 Å². The quantitative estimate of drug-likeness (QED) is 0.856. The minimum absolute atomic E-state index is 0.0328. The summed E-state index contributed by atoms with van der Waals surface area (Å²) in [4.78, 5) is 25.2. The van der Waals surface area contributed by atoms with Gasteiger partial charge in [0, 0.05) is 22.7 Å². The maximum atomic E-state index is 12.8. The Morgan fingerprint density at radius 3 is 2.61 bits per heavy atom. The normalized spacial score (nSPS) is 22.1. The standard InChI is InChI=1S/C18H17ClN2O2/c19-12-7-5-11(6-8-12)17(23)13-9-10-16(22)21-15-4-2-1-3-14(15)20-18(13)21/h5-10,14-15,20H,1-4H2/t14-,15-/m1/s1. The van der Waals surface area contributed by atoms with Gasteiger partial charge in [-0.15, -0.1) is 0 Å². The highest BCUT2D eigenvalue weighted by atomic mass is 35.5. The molecule has 118 valence electrons. The number of hydrogen-bond acceptors (Lipinski definition) is 3. The topological polar surface area (TPSA) is 51.1 Å². The molecule has 1 aliphatic heterocycles. The Morgan fingerprint density at radius 2 is 1.83 bits per heavy atom. The van der Waals surface area contributed by atoms with Crippen molar-refractivity contribution in [1.82, 2.24) is 4.57 Å². The van der Waals surface area contributed by atoms with Gasteiger partial charge in [0.25, 0.3) is 5.56 Å². The lowest BCUT2D eigenvalue weighted by Crippen LogP contribution is -2.29. The van der Waals surface area contributed by atoms with E-state index in [4.69, 9.17) is 11.6 Å². The summed E-state index contributed by atoms with van der Waals surface area (Å²) in [6, 6.07) is 10.4. The zero-order valence-electron chi connectivity index (χ0n) is 12.6. The summed E-state index contributed by atoms with van der Waals surface area (Å²) in [6.07, 6.45) is 4.32. The highest BCUT2D eigenvalue weighted by molar-refractivity contribution is 6.30. The number of hydrogen-bond donors (Lipinski definition) is 1. The van der Waals surface area contributed by atoms with Gasteiger partial charge in [-0.05, 0) is 43.2 Å². The van der Waals surface area contributed by atoms with E-state index in [1.165, 1.54) is 6.07 Å². The van der Waals surface area contributed by atoms with Gasteiger partial charge in [-0.3, -0.25) is 14.2 Å². The highest BCUT2D eigenvalue weighted by Crippen LogP contribution is 2.38. The Kier molecular flexibility index (Phi) is 3.49. The van der Waals surface area contributed by atoms with E-state index in [-0.39, 0.29) is 23.4 Å². The van der Waals surface area contributed by atoms with Crippen molar-refractivity contribution in [1.29, 1.82) is 0 Å². The number of nitrogens with one attached hydrogen (secondary N) is 1. The summed E-state index contributed by atoms with van der Waals surface area (Å²) in [7, 11) is 0. The summed E-state index contributed by atoms with van der Waals surface area (Å²) in [5.74, 6) is 0.589. The van der Waals surface area contributed by atoms with Crippen LogP contribution >= 0.6 is 11.6 Å². The van der Waals surface area contributed by atoms with E-state index >= 15 is 0 Å². The van der Waals surface area contributed by atoms with Crippen molar-refractivity contribution in [3.63, 3.8) is 0 Å². The molecule has 0 bridgehead atoms. The smallest absolute Gasteiger partial charge is 0.252 e. The second kappa shape index (κ2) is 5.53. The molecule has 1 aromatic heterocycles. The summed E-state index contributed by atoms with van der Waals surface area (Å²) in [5, 5.41) is 4.02. The van der Waals surface area contributed by atoms with E-state index in [1.54, 1.807) is 34.9 Å². The van der Waals surface area contributed by atoms with Gasteiger partial charge in [0.15, 0.2) is 5.78 Å². The molecule has 2 aliphatic rings. The maximum Gasteiger partial charge on any atom is 0.252 e. The monoisotopic (exact) mass is 328 g/mol. The number of nitrogens with zero attached hydrogens (tertiary/aromatic N) is 1. The molecule has 4 rings (SSSR count). The average Bonchev–Trinajstić information content (AvgIpc) is 2.95. The molecule has 0 amide bonds. The number of rotatable bonds is 2. The first-order chi connectivity index (χ1) is 11.1. The van der Waals surface area contributed by atoms with E-state index in [0.29, 0.717) is 22.0 Å². The SMILES string of the molecule is O=C(c1ccc(Cl)cc1)c1ccc(=O)n2c1N[C@@H]1CCCC[C@H]12. The molecule has 0 spiro atoms. The van der Waals surface area contributed by atoms with Crippen LogP contribution in [0, 0.1) is 0 Å². The Morgan fingerprint density at radius 1 is 1.09 bits per heavy atom. The van der Waals surface area contributed by atoms with E-state index < -0.39 is 0 Å². The zero-order chi connectivity index (χ0) is 16.0. The summed E-state index contributed by atoms with van der Waals surface area (Å²) in [5.41, 5.74) is 1.10. The van der Waals surface area contributed by atoms with Crippen LogP contribution in [0.15, 0.2) is 41.2 Å². The zero-order valence-corrected chi connectivity index (χ0v) is 13.3. The largest absolute Gasteiger partial charge is 0.366 e. The number of benzene rings is 1. The van der Waals surface area contributed by atoms with E-state index in [0.717, 1.165) is 25.7 Å². The van der Waals surface area contributed by atoms with Gasteiger partial charge in [-0.2, -0.15) is 0 Å². The predicted octanol–water partition coefficient (Wildman–Crippen LogP) is 3.64. The van der Waals surface area contributed by atoms with Crippen LogP contribution in [0.1, 0.15) is 47.6 Å². The minimum Gasteiger partial charge on any atom is -0.366 e. The highest BCUT2D eigenvalue weighted by Gasteiger charge is 2.36. The fourth-order valence-corrected chi connectivity index (χ4v) is 3.86. The van der Waals surface area contributed by atoms with Crippen LogP contribution < -0.4 is 10.9 Å². The second-order valence-electron chi connectivity index (χ2n) is 6.24. The Bertz CT molecular complexity index is 826. The molecule has 23 heavy (non-hydrogen) atoms. The summed E-state index contributed by atoms with van der Waals surface area (Å²) >= 11 is 5.89. The van der Waals surface area contributed by atoms with Crippen molar-refractivity contribution in [3.8, 4) is 0 Å². The number of fused-ring (bicyclic) bond motifs is 3. The van der Waals surface area contributed by atoms with Crippen molar-refractivity contribution >= 4 is 23.2 Å². The van der Waals surface area contributed by atoms with Gasteiger partial charge in [-0.25, -0.2) is 0 Å². The molecular formula is C18H17ClN2O2. The number of halogens is 1. The van der Waals surface area contributed by atoms with Gasteiger partial charge in [0.2, 0.25) is 0 Å². The Hall–Kier alpha value is -2.07. The molecule has 0 saturated heterocycles. The molecule has 2 aromatic rings. The van der Waals surface area contributed by atoms with Crippen molar-refractivity contribution in [2.45, 2.75) is 37.8 Å². The Balaban J connectivity index is 1.80. The van der Waals surface area contributed by atoms with Gasteiger partial charge in [0.1, 0.15) is 5.82 Å². The van der Waals surface area contributed by atoms with Crippen molar-refractivity contribution < 1.29 is 4.79 Å². The summed E-state index contributed by atoms with van der Waals surface area (Å²) < 4.78 is 1.78. The first-order valence-corrected chi connectivity index (χ1v) is 8.35. The molecule has 0 radical (unpaired) electrons. The van der Waals surface area contributed by atoms with Crippen LogP contribution in [0.2, 0.25) is 5.02 Å². The lowest BCUT2D eigenvalue weighted by molar-refractivity contribution is 0.103.